The van der Waals surface area contributed by atoms with Gasteiger partial charge in [-0.05, 0) is 38.1 Å². The summed E-state index contributed by atoms with van der Waals surface area (Å²) in [4.78, 5) is 2.25. The lowest BCUT2D eigenvalue weighted by Crippen LogP contribution is -2.37. The average Bonchev–Trinajstić information content (AvgIpc) is 2.63. The predicted octanol–water partition coefficient (Wildman–Crippen LogP) is 3.16. The van der Waals surface area contributed by atoms with E-state index < -0.39 is 0 Å². The van der Waals surface area contributed by atoms with Gasteiger partial charge in [-0.2, -0.15) is 0 Å². The highest BCUT2D eigenvalue weighted by Gasteiger charge is 2.19. The van der Waals surface area contributed by atoms with Crippen molar-refractivity contribution in [1.29, 1.82) is 0 Å². The summed E-state index contributed by atoms with van der Waals surface area (Å²) in [5, 5.41) is 5.01. The lowest BCUT2D eigenvalue weighted by atomic mass is 9.93. The number of aryl methyl sites for hydroxylation is 2. The van der Waals surface area contributed by atoms with Crippen LogP contribution in [-0.2, 0) is 13.6 Å². The molecule has 0 radical (unpaired) electrons. The number of hydrogen-bond donors (Lipinski definition) is 1. The van der Waals surface area contributed by atoms with Crippen LogP contribution < -0.4 is 5.32 Å². The molecule has 0 amide bonds. The first-order chi connectivity index (χ1) is 9.82. The first-order valence-electron chi connectivity index (χ1n) is 7.70. The van der Waals surface area contributed by atoms with Crippen LogP contribution in [0.5, 0.6) is 0 Å². The molecule has 1 aromatic carbocycles. The second-order valence-corrected chi connectivity index (χ2v) is 7.15. The van der Waals surface area contributed by atoms with Gasteiger partial charge in [0.2, 0.25) is 0 Å². The van der Waals surface area contributed by atoms with Gasteiger partial charge in [-0.25, -0.2) is 0 Å². The zero-order valence-corrected chi connectivity index (χ0v) is 14.3. The van der Waals surface area contributed by atoms with Gasteiger partial charge in [0.25, 0.3) is 0 Å². The molecule has 3 nitrogen and oxygen atoms in total. The summed E-state index contributed by atoms with van der Waals surface area (Å²) < 4.78 is 2.32. The molecule has 1 heterocycles. The van der Waals surface area contributed by atoms with Crippen molar-refractivity contribution in [2.24, 2.45) is 12.5 Å². The van der Waals surface area contributed by atoms with Crippen molar-refractivity contribution in [3.05, 3.63) is 35.5 Å². The zero-order chi connectivity index (χ0) is 15.6. The maximum absolute atomic E-state index is 3.64. The van der Waals surface area contributed by atoms with Gasteiger partial charge in [-0.1, -0.05) is 32.0 Å². The maximum atomic E-state index is 3.64. The second-order valence-electron chi connectivity index (χ2n) is 7.15. The molecule has 1 aromatic heterocycles. The number of nitrogens with zero attached hydrogens (tertiary/aromatic N) is 2. The summed E-state index contributed by atoms with van der Waals surface area (Å²) in [5.41, 5.74) is 4.38. The lowest BCUT2D eigenvalue weighted by molar-refractivity contribution is 0.232. The highest BCUT2D eigenvalue weighted by molar-refractivity contribution is 5.85. The molecule has 0 saturated heterocycles. The van der Waals surface area contributed by atoms with Crippen molar-refractivity contribution < 1.29 is 0 Å². The fourth-order valence-electron chi connectivity index (χ4n) is 3.32. The SMILES string of the molecule is Cc1c(CNCC(C)(C)CN(C)C)n(C)c2ccccc12. The number of aromatic nitrogens is 1. The molecule has 21 heavy (non-hydrogen) atoms. The number of benzene rings is 1. The van der Waals surface area contributed by atoms with E-state index in [0.29, 0.717) is 0 Å². The Balaban J connectivity index is 2.07. The van der Waals surface area contributed by atoms with Gasteiger partial charge >= 0.3 is 0 Å². The minimum absolute atomic E-state index is 0.280. The number of nitrogens with one attached hydrogen (secondary N) is 1. The van der Waals surface area contributed by atoms with Crippen LogP contribution in [0, 0.1) is 12.3 Å². The Kier molecular flexibility index (Phi) is 4.74. The van der Waals surface area contributed by atoms with Crippen molar-refractivity contribution in [1.82, 2.24) is 14.8 Å². The number of rotatable bonds is 6. The molecular formula is C18H29N3. The molecule has 3 heteroatoms. The van der Waals surface area contributed by atoms with Crippen LogP contribution in [0.4, 0.5) is 0 Å². The molecular weight excluding hydrogens is 258 g/mol. The van der Waals surface area contributed by atoms with Crippen LogP contribution in [0.3, 0.4) is 0 Å². The minimum Gasteiger partial charge on any atom is -0.346 e. The third-order valence-electron chi connectivity index (χ3n) is 4.15. The molecule has 0 unspecified atom stereocenters. The van der Waals surface area contributed by atoms with E-state index in [1.807, 2.05) is 0 Å². The molecule has 1 N–H and O–H groups in total. The van der Waals surface area contributed by atoms with Crippen LogP contribution in [0.2, 0.25) is 0 Å². The fraction of sp³-hybridized carbons (Fsp3) is 0.556. The molecule has 2 rings (SSSR count). The van der Waals surface area contributed by atoms with Crippen molar-refractivity contribution in [3.8, 4) is 0 Å². The third kappa shape index (κ3) is 3.66. The van der Waals surface area contributed by atoms with Crippen molar-refractivity contribution >= 4 is 10.9 Å². The van der Waals surface area contributed by atoms with Crippen LogP contribution >= 0.6 is 0 Å². The molecule has 0 bridgehead atoms. The minimum atomic E-state index is 0.280. The van der Waals surface area contributed by atoms with Crippen molar-refractivity contribution in [3.63, 3.8) is 0 Å². The Hall–Kier alpha value is -1.32. The lowest BCUT2D eigenvalue weighted by Gasteiger charge is -2.28. The zero-order valence-electron chi connectivity index (χ0n) is 14.3. The summed E-state index contributed by atoms with van der Waals surface area (Å²) in [6.45, 7) is 9.89. The van der Waals surface area contributed by atoms with Gasteiger partial charge in [0.05, 0.1) is 0 Å². The first kappa shape index (κ1) is 16.1. The first-order valence-corrected chi connectivity index (χ1v) is 7.70. The normalized spacial score (nSPS) is 12.5. The highest BCUT2D eigenvalue weighted by Crippen LogP contribution is 2.24. The summed E-state index contributed by atoms with van der Waals surface area (Å²) >= 11 is 0. The van der Waals surface area contributed by atoms with E-state index in [-0.39, 0.29) is 5.41 Å². The third-order valence-corrected chi connectivity index (χ3v) is 4.15. The topological polar surface area (TPSA) is 20.2 Å². The summed E-state index contributed by atoms with van der Waals surface area (Å²) in [5.74, 6) is 0. The molecule has 0 spiro atoms. The maximum Gasteiger partial charge on any atom is 0.0483 e. The summed E-state index contributed by atoms with van der Waals surface area (Å²) in [6.07, 6.45) is 0. The van der Waals surface area contributed by atoms with Crippen LogP contribution in [0.25, 0.3) is 10.9 Å². The number of fused-ring (bicyclic) bond motifs is 1. The Morgan fingerprint density at radius 1 is 1.19 bits per heavy atom. The second kappa shape index (κ2) is 6.20. The molecule has 2 aromatic rings. The van der Waals surface area contributed by atoms with E-state index >= 15 is 0 Å². The van der Waals surface area contributed by atoms with Crippen molar-refractivity contribution in [2.45, 2.75) is 27.3 Å². The van der Waals surface area contributed by atoms with Gasteiger partial charge in [-0.3, -0.25) is 0 Å². The average molecular weight is 287 g/mol. The van der Waals surface area contributed by atoms with Gasteiger partial charge in [0, 0.05) is 43.3 Å². The largest absolute Gasteiger partial charge is 0.346 e. The molecule has 0 saturated carbocycles. The van der Waals surface area contributed by atoms with Gasteiger partial charge < -0.3 is 14.8 Å². The van der Waals surface area contributed by atoms with E-state index in [0.717, 1.165) is 19.6 Å². The molecule has 0 aliphatic rings. The van der Waals surface area contributed by atoms with Crippen LogP contribution in [0.15, 0.2) is 24.3 Å². The van der Waals surface area contributed by atoms with Crippen LogP contribution in [-0.4, -0.2) is 36.7 Å². The van der Waals surface area contributed by atoms with E-state index in [2.05, 4.69) is 81.0 Å². The summed E-state index contributed by atoms with van der Waals surface area (Å²) in [6, 6.07) is 8.64. The van der Waals surface area contributed by atoms with Crippen molar-refractivity contribution in [2.75, 3.05) is 27.2 Å². The number of para-hydroxylation sites is 1. The Morgan fingerprint density at radius 2 is 1.86 bits per heavy atom. The molecule has 0 aliphatic carbocycles. The predicted molar refractivity (Wildman–Crippen MR) is 91.7 cm³/mol. The molecule has 0 fully saturated rings. The smallest absolute Gasteiger partial charge is 0.0483 e. The van der Waals surface area contributed by atoms with E-state index in [9.17, 15) is 0 Å². The Bertz CT molecular complexity index is 569. The summed E-state index contributed by atoms with van der Waals surface area (Å²) in [7, 11) is 6.43. The quantitative estimate of drug-likeness (QED) is 0.880. The van der Waals surface area contributed by atoms with E-state index in [1.54, 1.807) is 0 Å². The van der Waals surface area contributed by atoms with Gasteiger partial charge in [-0.15, -0.1) is 0 Å². The Labute approximate surface area is 128 Å². The van der Waals surface area contributed by atoms with Crippen LogP contribution in [0.1, 0.15) is 25.1 Å². The molecule has 116 valence electrons. The van der Waals surface area contributed by atoms with Gasteiger partial charge in [0.15, 0.2) is 0 Å². The Morgan fingerprint density at radius 3 is 2.48 bits per heavy atom. The highest BCUT2D eigenvalue weighted by atomic mass is 15.1. The monoisotopic (exact) mass is 287 g/mol. The standard InChI is InChI=1S/C18H29N3/c1-14-15-9-7-8-10-16(15)21(6)17(14)11-19-12-18(2,3)13-20(4)5/h7-10,19H,11-13H2,1-6H3. The number of hydrogen-bond acceptors (Lipinski definition) is 2. The molecule has 0 aliphatic heterocycles. The van der Waals surface area contributed by atoms with Gasteiger partial charge in [0.1, 0.15) is 0 Å². The fourth-order valence-corrected chi connectivity index (χ4v) is 3.32. The molecule has 0 atom stereocenters. The van der Waals surface area contributed by atoms with E-state index in [4.69, 9.17) is 0 Å². The van der Waals surface area contributed by atoms with E-state index in [1.165, 1.54) is 22.2 Å².